The number of carbonyl (C=O) groups is 2. The minimum Gasteiger partial charge on any atom is -0.493 e. The highest BCUT2D eigenvalue weighted by atomic mass is 35.5. The highest BCUT2D eigenvalue weighted by molar-refractivity contribution is 6.30. The Balaban J connectivity index is 1.57. The maximum absolute atomic E-state index is 12.7. The Morgan fingerprint density at radius 2 is 1.71 bits per heavy atom. The van der Waals surface area contributed by atoms with Crippen LogP contribution in [0.4, 0.5) is 0 Å². The molecule has 0 fully saturated rings. The molecule has 0 aromatic heterocycles. The van der Waals surface area contributed by atoms with E-state index in [1.165, 1.54) is 12.0 Å². The van der Waals surface area contributed by atoms with E-state index in [0.717, 1.165) is 11.1 Å². The van der Waals surface area contributed by atoms with Gasteiger partial charge in [0.25, 0.3) is 11.8 Å². The van der Waals surface area contributed by atoms with Gasteiger partial charge in [0.2, 0.25) is 0 Å². The summed E-state index contributed by atoms with van der Waals surface area (Å²) in [6, 6.07) is 19.7. The zero-order chi connectivity index (χ0) is 24.5. The van der Waals surface area contributed by atoms with Crippen LogP contribution in [0.5, 0.6) is 17.2 Å². The summed E-state index contributed by atoms with van der Waals surface area (Å²) in [7, 11) is 4.85. The van der Waals surface area contributed by atoms with Crippen LogP contribution in [0.1, 0.15) is 21.5 Å². The normalized spacial score (nSPS) is 10.4. The molecule has 0 saturated heterocycles. The van der Waals surface area contributed by atoms with E-state index >= 15 is 0 Å². The van der Waals surface area contributed by atoms with Crippen LogP contribution in [0.15, 0.2) is 66.7 Å². The molecule has 0 atom stereocenters. The van der Waals surface area contributed by atoms with E-state index in [1.807, 2.05) is 24.3 Å². The van der Waals surface area contributed by atoms with Crippen molar-refractivity contribution in [2.75, 3.05) is 27.8 Å². The van der Waals surface area contributed by atoms with Crippen molar-refractivity contribution in [3.05, 3.63) is 88.4 Å². The summed E-state index contributed by atoms with van der Waals surface area (Å²) < 4.78 is 16.7. The number of hydrogen-bond acceptors (Lipinski definition) is 5. The van der Waals surface area contributed by atoms with Crippen LogP contribution in [0.3, 0.4) is 0 Å². The molecule has 0 heterocycles. The molecule has 178 valence electrons. The first kappa shape index (κ1) is 24.9. The summed E-state index contributed by atoms with van der Waals surface area (Å²) in [4.78, 5) is 25.9. The number of nitrogens with zero attached hydrogens (tertiary/aromatic N) is 1. The number of hydrogen-bond donors (Lipinski definition) is 1. The van der Waals surface area contributed by atoms with E-state index < -0.39 is 0 Å². The summed E-state index contributed by atoms with van der Waals surface area (Å²) in [6.45, 7) is 0.550. The fraction of sp³-hybridized carbons (Fsp3) is 0.231. The number of methoxy groups -OCH3 is 1. The molecular weight excluding hydrogens is 456 g/mol. The molecule has 3 aromatic carbocycles. The molecule has 7 nitrogen and oxygen atoms in total. The number of benzene rings is 3. The minimum absolute atomic E-state index is 0.0881. The van der Waals surface area contributed by atoms with Gasteiger partial charge in [-0.15, -0.1) is 0 Å². The maximum atomic E-state index is 12.7. The lowest BCUT2D eigenvalue weighted by molar-refractivity contribution is -0.130. The van der Waals surface area contributed by atoms with Crippen LogP contribution in [0.2, 0.25) is 5.02 Å². The van der Waals surface area contributed by atoms with Crippen LogP contribution >= 0.6 is 11.6 Å². The van der Waals surface area contributed by atoms with Crippen molar-refractivity contribution in [2.45, 2.75) is 13.2 Å². The van der Waals surface area contributed by atoms with Crippen LogP contribution in [-0.2, 0) is 17.9 Å². The maximum Gasteiger partial charge on any atom is 0.259 e. The molecule has 0 unspecified atom stereocenters. The second kappa shape index (κ2) is 12.0. The largest absolute Gasteiger partial charge is 0.493 e. The molecule has 0 aliphatic carbocycles. The fourth-order valence-corrected chi connectivity index (χ4v) is 3.23. The van der Waals surface area contributed by atoms with E-state index in [0.29, 0.717) is 41.0 Å². The van der Waals surface area contributed by atoms with Gasteiger partial charge in [0, 0.05) is 31.2 Å². The summed E-state index contributed by atoms with van der Waals surface area (Å²) in [6.07, 6.45) is 0. The SMILES string of the molecule is COc1cc(CNC(=O)c2cccc(OCc3cccc(Cl)c3)c2)ccc1OCC(=O)N(C)C. The standard InChI is InChI=1S/C26H27ClN2O5/c1-29(2)25(30)17-34-23-11-10-18(13-24(23)32-3)15-28-26(31)20-7-5-9-22(14-20)33-16-19-6-4-8-21(27)12-19/h4-14H,15-17H2,1-3H3,(H,28,31). The van der Waals surface area contributed by atoms with E-state index in [-0.39, 0.29) is 18.4 Å². The third-order valence-corrected chi connectivity index (χ3v) is 5.16. The Morgan fingerprint density at radius 3 is 2.44 bits per heavy atom. The van der Waals surface area contributed by atoms with Crippen molar-refractivity contribution >= 4 is 23.4 Å². The second-order valence-electron chi connectivity index (χ2n) is 7.69. The summed E-state index contributed by atoms with van der Waals surface area (Å²) in [5.74, 6) is 1.14. The van der Waals surface area contributed by atoms with Gasteiger partial charge < -0.3 is 24.4 Å². The van der Waals surface area contributed by atoms with Gasteiger partial charge in [-0.2, -0.15) is 0 Å². The van der Waals surface area contributed by atoms with Gasteiger partial charge in [0.15, 0.2) is 18.1 Å². The molecular formula is C26H27ClN2O5. The molecule has 2 amide bonds. The monoisotopic (exact) mass is 482 g/mol. The Labute approximate surface area is 204 Å². The highest BCUT2D eigenvalue weighted by Crippen LogP contribution is 2.28. The molecule has 1 N–H and O–H groups in total. The molecule has 0 spiro atoms. The Hall–Kier alpha value is -3.71. The number of carbonyl (C=O) groups excluding carboxylic acids is 2. The lowest BCUT2D eigenvalue weighted by Gasteiger charge is -2.14. The molecule has 0 bridgehead atoms. The van der Waals surface area contributed by atoms with E-state index in [4.69, 9.17) is 25.8 Å². The van der Waals surface area contributed by atoms with Crippen molar-refractivity contribution in [1.29, 1.82) is 0 Å². The summed E-state index contributed by atoms with van der Waals surface area (Å²) >= 11 is 6.01. The van der Waals surface area contributed by atoms with Gasteiger partial charge in [-0.1, -0.05) is 35.9 Å². The van der Waals surface area contributed by atoms with E-state index in [2.05, 4.69) is 5.32 Å². The van der Waals surface area contributed by atoms with E-state index in [1.54, 1.807) is 56.6 Å². The average molecular weight is 483 g/mol. The molecule has 3 aromatic rings. The number of rotatable bonds is 10. The van der Waals surface area contributed by atoms with Crippen LogP contribution < -0.4 is 19.5 Å². The Morgan fingerprint density at radius 1 is 0.912 bits per heavy atom. The van der Waals surface area contributed by atoms with Crippen molar-refractivity contribution in [3.8, 4) is 17.2 Å². The van der Waals surface area contributed by atoms with Crippen molar-refractivity contribution in [1.82, 2.24) is 10.2 Å². The first-order chi connectivity index (χ1) is 16.4. The summed E-state index contributed by atoms with van der Waals surface area (Å²) in [5.41, 5.74) is 2.25. The predicted octanol–water partition coefficient (Wildman–Crippen LogP) is 4.32. The minimum atomic E-state index is -0.232. The first-order valence-electron chi connectivity index (χ1n) is 10.6. The first-order valence-corrected chi connectivity index (χ1v) is 11.0. The Bertz CT molecular complexity index is 1150. The molecule has 0 aliphatic rings. The third kappa shape index (κ3) is 7.15. The van der Waals surface area contributed by atoms with Crippen LogP contribution in [-0.4, -0.2) is 44.5 Å². The van der Waals surface area contributed by atoms with Crippen molar-refractivity contribution < 1.29 is 23.8 Å². The number of halogens is 1. The molecule has 8 heteroatoms. The predicted molar refractivity (Wildman–Crippen MR) is 131 cm³/mol. The fourth-order valence-electron chi connectivity index (χ4n) is 3.01. The topological polar surface area (TPSA) is 77.1 Å². The smallest absolute Gasteiger partial charge is 0.259 e. The number of likely N-dealkylation sites (N-methyl/N-ethyl adjacent to an activating group) is 1. The van der Waals surface area contributed by atoms with Gasteiger partial charge in [0.05, 0.1) is 7.11 Å². The van der Waals surface area contributed by atoms with Crippen molar-refractivity contribution in [2.24, 2.45) is 0 Å². The zero-order valence-electron chi connectivity index (χ0n) is 19.3. The number of ether oxygens (including phenoxy) is 3. The van der Waals surface area contributed by atoms with Crippen LogP contribution in [0, 0.1) is 0 Å². The van der Waals surface area contributed by atoms with Gasteiger partial charge in [-0.05, 0) is 53.6 Å². The van der Waals surface area contributed by atoms with Gasteiger partial charge in [0.1, 0.15) is 12.4 Å². The Kier molecular flexibility index (Phi) is 8.76. The molecule has 0 saturated carbocycles. The van der Waals surface area contributed by atoms with Gasteiger partial charge in [-0.25, -0.2) is 0 Å². The average Bonchev–Trinajstić information content (AvgIpc) is 2.84. The van der Waals surface area contributed by atoms with Gasteiger partial charge >= 0.3 is 0 Å². The molecule has 34 heavy (non-hydrogen) atoms. The molecule has 3 rings (SSSR count). The van der Waals surface area contributed by atoms with Gasteiger partial charge in [-0.3, -0.25) is 9.59 Å². The molecule has 0 radical (unpaired) electrons. The molecule has 0 aliphatic heterocycles. The lowest BCUT2D eigenvalue weighted by atomic mass is 10.1. The third-order valence-electron chi connectivity index (χ3n) is 4.92. The zero-order valence-corrected chi connectivity index (χ0v) is 20.1. The van der Waals surface area contributed by atoms with E-state index in [9.17, 15) is 9.59 Å². The van der Waals surface area contributed by atoms with Crippen molar-refractivity contribution in [3.63, 3.8) is 0 Å². The lowest BCUT2D eigenvalue weighted by Crippen LogP contribution is -2.27. The highest BCUT2D eigenvalue weighted by Gasteiger charge is 2.11. The summed E-state index contributed by atoms with van der Waals surface area (Å²) in [5, 5.41) is 3.54. The van der Waals surface area contributed by atoms with Crippen LogP contribution in [0.25, 0.3) is 0 Å². The number of nitrogens with one attached hydrogen (secondary N) is 1. The number of amides is 2. The quantitative estimate of drug-likeness (QED) is 0.465. The second-order valence-corrected chi connectivity index (χ2v) is 8.13.